The van der Waals surface area contributed by atoms with Crippen molar-refractivity contribution >= 4 is 5.91 Å². The average Bonchev–Trinajstić information content (AvgIpc) is 2.70. The highest BCUT2D eigenvalue weighted by Crippen LogP contribution is 2.28. The Labute approximate surface area is 123 Å². The molecule has 0 spiro atoms. The number of rotatable bonds is 4. The van der Waals surface area contributed by atoms with E-state index in [4.69, 9.17) is 5.73 Å². The van der Waals surface area contributed by atoms with E-state index in [2.05, 4.69) is 5.32 Å². The normalized spacial score (nSPS) is 19.8. The number of benzene rings is 1. The zero-order valence-electron chi connectivity index (χ0n) is 12.3. The molecule has 5 heteroatoms. The van der Waals surface area contributed by atoms with Crippen LogP contribution in [-0.4, -0.2) is 11.9 Å². The van der Waals surface area contributed by atoms with Gasteiger partial charge in [0.05, 0.1) is 0 Å². The van der Waals surface area contributed by atoms with E-state index in [0.29, 0.717) is 0 Å². The zero-order chi connectivity index (χ0) is 15.5. The van der Waals surface area contributed by atoms with E-state index in [1.54, 1.807) is 0 Å². The van der Waals surface area contributed by atoms with Crippen LogP contribution < -0.4 is 11.1 Å². The maximum atomic E-state index is 14.1. The molecule has 1 aliphatic carbocycles. The number of hydrogen-bond donors (Lipinski definition) is 2. The molecule has 1 atom stereocenters. The molecule has 1 fully saturated rings. The van der Waals surface area contributed by atoms with Crippen LogP contribution in [0.4, 0.5) is 8.78 Å². The number of nitrogens with one attached hydrogen (secondary N) is 1. The molecule has 1 saturated carbocycles. The molecule has 0 aliphatic heterocycles. The molecule has 0 radical (unpaired) electrons. The van der Waals surface area contributed by atoms with Gasteiger partial charge < -0.3 is 5.73 Å². The first-order valence-corrected chi connectivity index (χ1v) is 7.47. The number of carbonyl (C=O) groups excluding carboxylic acids is 1. The molecule has 3 nitrogen and oxygen atoms in total. The quantitative estimate of drug-likeness (QED) is 0.839. The Morgan fingerprint density at radius 2 is 1.86 bits per heavy atom. The maximum absolute atomic E-state index is 14.1. The Bertz CT molecular complexity index is 513. The molecule has 0 saturated heterocycles. The SMILES string of the molecule is CC(NC1CCCCCC1)(C(N)=O)c1cccc(F)c1F. The number of halogens is 2. The van der Waals surface area contributed by atoms with Gasteiger partial charge in [-0.2, -0.15) is 0 Å². The van der Waals surface area contributed by atoms with Crippen LogP contribution in [0, 0.1) is 11.6 Å². The standard InChI is InChI=1S/C16H22F2N2O/c1-16(15(19)21,12-9-6-10-13(17)14(12)18)20-11-7-4-2-3-5-8-11/h6,9-11,20H,2-5,7-8H2,1H3,(H2,19,21). The van der Waals surface area contributed by atoms with Gasteiger partial charge in [-0.15, -0.1) is 0 Å². The molecule has 21 heavy (non-hydrogen) atoms. The van der Waals surface area contributed by atoms with Crippen molar-refractivity contribution in [3.8, 4) is 0 Å². The van der Waals surface area contributed by atoms with E-state index in [1.165, 1.54) is 31.9 Å². The van der Waals surface area contributed by atoms with E-state index in [0.717, 1.165) is 31.7 Å². The number of carbonyl (C=O) groups is 1. The molecule has 3 N–H and O–H groups in total. The van der Waals surface area contributed by atoms with Crippen LogP contribution in [0.15, 0.2) is 18.2 Å². The highest BCUT2D eigenvalue weighted by atomic mass is 19.2. The summed E-state index contributed by atoms with van der Waals surface area (Å²) < 4.78 is 27.5. The van der Waals surface area contributed by atoms with Gasteiger partial charge in [0.15, 0.2) is 11.6 Å². The smallest absolute Gasteiger partial charge is 0.242 e. The summed E-state index contributed by atoms with van der Waals surface area (Å²) in [7, 11) is 0. The fourth-order valence-electron chi connectivity index (χ4n) is 3.00. The lowest BCUT2D eigenvalue weighted by atomic mass is 9.88. The van der Waals surface area contributed by atoms with Gasteiger partial charge in [0.25, 0.3) is 0 Å². The molecule has 1 unspecified atom stereocenters. The third kappa shape index (κ3) is 3.40. The minimum atomic E-state index is -1.40. The first-order chi connectivity index (χ1) is 9.95. The van der Waals surface area contributed by atoms with Gasteiger partial charge in [0.2, 0.25) is 5.91 Å². The van der Waals surface area contributed by atoms with Crippen molar-refractivity contribution in [1.82, 2.24) is 5.32 Å². The second-order valence-corrected chi connectivity index (χ2v) is 5.92. The van der Waals surface area contributed by atoms with E-state index in [1.807, 2.05) is 0 Å². The molecule has 2 rings (SSSR count). The number of nitrogens with two attached hydrogens (primary N) is 1. The maximum Gasteiger partial charge on any atom is 0.242 e. The van der Waals surface area contributed by atoms with Crippen LogP contribution in [0.25, 0.3) is 0 Å². The minimum Gasteiger partial charge on any atom is -0.368 e. The minimum absolute atomic E-state index is 0.0285. The predicted octanol–water partition coefficient (Wildman–Crippen LogP) is 2.98. The van der Waals surface area contributed by atoms with Crippen LogP contribution in [0.5, 0.6) is 0 Å². The number of amides is 1. The van der Waals surface area contributed by atoms with Crippen molar-refractivity contribution in [2.24, 2.45) is 5.73 Å². The van der Waals surface area contributed by atoms with Gasteiger partial charge in [-0.05, 0) is 25.8 Å². The zero-order valence-corrected chi connectivity index (χ0v) is 12.3. The summed E-state index contributed by atoms with van der Waals surface area (Å²) in [6.45, 7) is 1.53. The van der Waals surface area contributed by atoms with Crippen molar-refractivity contribution in [3.63, 3.8) is 0 Å². The monoisotopic (exact) mass is 296 g/mol. The van der Waals surface area contributed by atoms with Gasteiger partial charge in [-0.1, -0.05) is 37.8 Å². The molecule has 1 aromatic carbocycles. The third-order valence-corrected chi connectivity index (χ3v) is 4.33. The molecule has 1 aromatic rings. The van der Waals surface area contributed by atoms with Crippen molar-refractivity contribution in [3.05, 3.63) is 35.4 Å². The Balaban J connectivity index is 2.31. The molecule has 0 aromatic heterocycles. The summed E-state index contributed by atoms with van der Waals surface area (Å²) in [5, 5.41) is 3.17. The second-order valence-electron chi connectivity index (χ2n) is 5.92. The first-order valence-electron chi connectivity index (χ1n) is 7.47. The Morgan fingerprint density at radius 3 is 2.43 bits per heavy atom. The van der Waals surface area contributed by atoms with E-state index in [-0.39, 0.29) is 11.6 Å². The number of primary amides is 1. The summed E-state index contributed by atoms with van der Waals surface area (Å²) in [6.07, 6.45) is 6.30. The summed E-state index contributed by atoms with van der Waals surface area (Å²) >= 11 is 0. The van der Waals surface area contributed by atoms with E-state index < -0.39 is 23.1 Å². The summed E-state index contributed by atoms with van der Waals surface area (Å²) in [5.41, 5.74) is 4.06. The lowest BCUT2D eigenvalue weighted by molar-refractivity contribution is -0.124. The van der Waals surface area contributed by atoms with Crippen molar-refractivity contribution in [1.29, 1.82) is 0 Å². The third-order valence-electron chi connectivity index (χ3n) is 4.33. The highest BCUT2D eigenvalue weighted by Gasteiger charge is 2.38. The van der Waals surface area contributed by atoms with Crippen molar-refractivity contribution in [2.45, 2.75) is 57.0 Å². The molecular formula is C16H22F2N2O. The molecule has 1 aliphatic rings. The van der Waals surface area contributed by atoms with Gasteiger partial charge in [-0.3, -0.25) is 10.1 Å². The fraction of sp³-hybridized carbons (Fsp3) is 0.562. The highest BCUT2D eigenvalue weighted by molar-refractivity contribution is 5.85. The molecular weight excluding hydrogens is 274 g/mol. The van der Waals surface area contributed by atoms with Crippen LogP contribution in [-0.2, 0) is 10.3 Å². The van der Waals surface area contributed by atoms with Gasteiger partial charge in [0, 0.05) is 11.6 Å². The lowest BCUT2D eigenvalue weighted by Crippen LogP contribution is -2.54. The second kappa shape index (κ2) is 6.52. The summed E-state index contributed by atoms with van der Waals surface area (Å²) in [5.74, 6) is -2.68. The van der Waals surface area contributed by atoms with Gasteiger partial charge >= 0.3 is 0 Å². The van der Waals surface area contributed by atoms with E-state index >= 15 is 0 Å². The Morgan fingerprint density at radius 1 is 1.24 bits per heavy atom. The average molecular weight is 296 g/mol. The molecule has 0 heterocycles. The van der Waals surface area contributed by atoms with Crippen LogP contribution in [0.2, 0.25) is 0 Å². The van der Waals surface area contributed by atoms with Crippen LogP contribution in [0.1, 0.15) is 51.0 Å². The summed E-state index contributed by atoms with van der Waals surface area (Å²) in [4.78, 5) is 11.9. The van der Waals surface area contributed by atoms with Gasteiger partial charge in [-0.25, -0.2) is 8.78 Å². The topological polar surface area (TPSA) is 55.1 Å². The molecule has 1 amide bonds. The van der Waals surface area contributed by atoms with Crippen molar-refractivity contribution in [2.75, 3.05) is 0 Å². The van der Waals surface area contributed by atoms with Crippen LogP contribution in [0.3, 0.4) is 0 Å². The van der Waals surface area contributed by atoms with Gasteiger partial charge in [0.1, 0.15) is 5.54 Å². The summed E-state index contributed by atoms with van der Waals surface area (Å²) in [6, 6.07) is 3.93. The molecule has 0 bridgehead atoms. The Hall–Kier alpha value is -1.49. The van der Waals surface area contributed by atoms with E-state index in [9.17, 15) is 13.6 Å². The largest absolute Gasteiger partial charge is 0.368 e. The van der Waals surface area contributed by atoms with Crippen LogP contribution >= 0.6 is 0 Å². The fourth-order valence-corrected chi connectivity index (χ4v) is 3.00. The van der Waals surface area contributed by atoms with Crippen molar-refractivity contribution < 1.29 is 13.6 Å². The first kappa shape index (κ1) is 15.9. The Kier molecular flexibility index (Phi) is 4.93. The number of hydrogen-bond acceptors (Lipinski definition) is 2. The lowest BCUT2D eigenvalue weighted by Gasteiger charge is -2.33. The molecule has 116 valence electrons. The predicted molar refractivity (Wildman–Crippen MR) is 77.5 cm³/mol.